The van der Waals surface area contributed by atoms with Crippen LogP contribution < -0.4 is 9.62 Å². The topological polar surface area (TPSA) is 69.7 Å². The van der Waals surface area contributed by atoms with Crippen LogP contribution in [0.15, 0.2) is 77.7 Å². The summed E-state index contributed by atoms with van der Waals surface area (Å²) >= 11 is 6.24. The molecule has 1 aliphatic rings. The van der Waals surface area contributed by atoms with Gasteiger partial charge in [-0.3, -0.25) is 9.10 Å². The molecule has 8 heteroatoms. The molecule has 3 aromatic carbocycles. The van der Waals surface area contributed by atoms with Gasteiger partial charge >= 0.3 is 0 Å². The van der Waals surface area contributed by atoms with E-state index in [0.717, 1.165) is 37.2 Å². The number of hydrogen-bond acceptors (Lipinski definition) is 4. The van der Waals surface area contributed by atoms with Crippen molar-refractivity contribution in [1.82, 2.24) is 10.2 Å². The fourth-order valence-electron chi connectivity index (χ4n) is 4.41. The van der Waals surface area contributed by atoms with Crippen LogP contribution in [0.5, 0.6) is 0 Å². The van der Waals surface area contributed by atoms with Crippen LogP contribution in [0.3, 0.4) is 0 Å². The molecule has 190 valence electrons. The lowest BCUT2D eigenvalue weighted by Crippen LogP contribution is -2.31. The summed E-state index contributed by atoms with van der Waals surface area (Å²) in [5, 5.41) is 3.44. The number of benzene rings is 3. The summed E-state index contributed by atoms with van der Waals surface area (Å²) in [6, 6.07) is 20.6. The van der Waals surface area contributed by atoms with E-state index in [1.54, 1.807) is 66.7 Å². The Hall–Kier alpha value is -2.87. The number of nitrogens with zero attached hydrogens (tertiary/aromatic N) is 2. The Morgan fingerprint density at radius 2 is 1.69 bits per heavy atom. The van der Waals surface area contributed by atoms with Gasteiger partial charge in [0.15, 0.2) is 0 Å². The molecular weight excluding hydrogens is 494 g/mol. The second-order valence-electron chi connectivity index (χ2n) is 9.11. The first-order chi connectivity index (χ1) is 17.3. The monoisotopic (exact) mass is 525 g/mol. The normalized spacial score (nSPS) is 14.1. The number of rotatable bonds is 10. The minimum atomic E-state index is -3.85. The predicted octanol–water partition coefficient (Wildman–Crippen LogP) is 5.26. The lowest BCUT2D eigenvalue weighted by Gasteiger charge is -2.26. The number of hydrogen-bond donors (Lipinski definition) is 1. The first-order valence-electron chi connectivity index (χ1n) is 12.3. The maximum Gasteiger partial charge on any atom is 0.264 e. The van der Waals surface area contributed by atoms with E-state index in [0.29, 0.717) is 22.8 Å². The second kappa shape index (κ2) is 11.9. The third-order valence-corrected chi connectivity index (χ3v) is 8.46. The maximum absolute atomic E-state index is 13.6. The van der Waals surface area contributed by atoms with Crippen LogP contribution >= 0.6 is 11.6 Å². The van der Waals surface area contributed by atoms with Crippen molar-refractivity contribution in [3.05, 3.63) is 94.5 Å². The molecule has 3 aromatic rings. The largest absolute Gasteiger partial charge is 0.352 e. The van der Waals surface area contributed by atoms with Crippen LogP contribution in [0.1, 0.15) is 40.7 Å². The molecule has 0 saturated carbocycles. The van der Waals surface area contributed by atoms with Crippen molar-refractivity contribution in [2.24, 2.45) is 0 Å². The molecular formula is C28H32ClN3O3S. The minimum absolute atomic E-state index is 0.107. The molecule has 0 radical (unpaired) electrons. The molecule has 0 aliphatic carbocycles. The van der Waals surface area contributed by atoms with Crippen LogP contribution in [0, 0.1) is 6.92 Å². The summed E-state index contributed by atoms with van der Waals surface area (Å²) in [6.45, 7) is 5.91. The zero-order chi connectivity index (χ0) is 25.5. The van der Waals surface area contributed by atoms with Crippen LogP contribution in [-0.2, 0) is 16.6 Å². The molecule has 0 aromatic heterocycles. The van der Waals surface area contributed by atoms with E-state index in [1.165, 1.54) is 17.1 Å². The van der Waals surface area contributed by atoms with Crippen LogP contribution in [0.2, 0.25) is 5.02 Å². The van der Waals surface area contributed by atoms with Crippen molar-refractivity contribution >= 4 is 33.2 Å². The highest BCUT2D eigenvalue weighted by molar-refractivity contribution is 7.92. The quantitative estimate of drug-likeness (QED) is 0.367. The average Bonchev–Trinajstić information content (AvgIpc) is 3.41. The highest BCUT2D eigenvalue weighted by Crippen LogP contribution is 2.31. The standard InChI is InChI=1S/C28H32ClN3O3S/c1-22-10-15-25(29)20-27(22)32(36(34,35)26-8-3-2-4-9-26)21-23-11-13-24(14-12-23)28(33)30-16-7-19-31-17-5-6-18-31/h2-4,8-15,20H,5-7,16-19,21H2,1H3,(H,30,33). The van der Waals surface area contributed by atoms with Gasteiger partial charge < -0.3 is 10.2 Å². The van der Waals surface area contributed by atoms with E-state index in [4.69, 9.17) is 11.6 Å². The fourth-order valence-corrected chi connectivity index (χ4v) is 6.11. The van der Waals surface area contributed by atoms with Crippen molar-refractivity contribution in [2.75, 3.05) is 30.5 Å². The average molecular weight is 526 g/mol. The molecule has 1 aliphatic heterocycles. The molecule has 4 rings (SSSR count). The lowest BCUT2D eigenvalue weighted by molar-refractivity contribution is 0.0952. The minimum Gasteiger partial charge on any atom is -0.352 e. The Morgan fingerprint density at radius 3 is 2.39 bits per heavy atom. The SMILES string of the molecule is Cc1ccc(Cl)cc1N(Cc1ccc(C(=O)NCCCN2CCCC2)cc1)S(=O)(=O)c1ccccc1. The highest BCUT2D eigenvalue weighted by Gasteiger charge is 2.26. The molecule has 1 amide bonds. The number of carbonyl (C=O) groups excluding carboxylic acids is 1. The number of sulfonamides is 1. The molecule has 0 atom stereocenters. The van der Waals surface area contributed by atoms with E-state index < -0.39 is 10.0 Å². The third kappa shape index (κ3) is 6.46. The molecule has 1 fully saturated rings. The van der Waals surface area contributed by atoms with Crippen LogP contribution in [0.25, 0.3) is 0 Å². The van der Waals surface area contributed by atoms with Crippen molar-refractivity contribution in [3.63, 3.8) is 0 Å². The number of nitrogens with one attached hydrogen (secondary N) is 1. The third-order valence-electron chi connectivity index (χ3n) is 6.45. The summed E-state index contributed by atoms with van der Waals surface area (Å²) in [6.07, 6.45) is 3.45. The van der Waals surface area contributed by atoms with Crippen molar-refractivity contribution in [3.8, 4) is 0 Å². The van der Waals surface area contributed by atoms with Gasteiger partial charge in [-0.2, -0.15) is 0 Å². The number of carbonyl (C=O) groups is 1. The van der Waals surface area contributed by atoms with Crippen molar-refractivity contribution < 1.29 is 13.2 Å². The molecule has 1 N–H and O–H groups in total. The Morgan fingerprint density at radius 1 is 1.00 bits per heavy atom. The van der Waals surface area contributed by atoms with Gasteiger partial charge in [-0.1, -0.05) is 48.0 Å². The number of aryl methyl sites for hydroxylation is 1. The molecule has 1 heterocycles. The first kappa shape index (κ1) is 26.2. The summed E-state index contributed by atoms with van der Waals surface area (Å²) in [4.78, 5) is 15.2. The zero-order valence-electron chi connectivity index (χ0n) is 20.5. The molecule has 6 nitrogen and oxygen atoms in total. The summed E-state index contributed by atoms with van der Waals surface area (Å²) in [5.74, 6) is -0.123. The van der Waals surface area contributed by atoms with Crippen LogP contribution in [-0.4, -0.2) is 45.4 Å². The molecule has 0 unspecified atom stereocenters. The Kier molecular flexibility index (Phi) is 8.67. The van der Waals surface area contributed by atoms with Gasteiger partial charge in [0.2, 0.25) is 0 Å². The summed E-state index contributed by atoms with van der Waals surface area (Å²) in [7, 11) is -3.85. The number of likely N-dealkylation sites (tertiary alicyclic amines) is 1. The van der Waals surface area contributed by atoms with Gasteiger partial charge in [0.1, 0.15) is 0 Å². The van der Waals surface area contributed by atoms with Gasteiger partial charge in [-0.15, -0.1) is 0 Å². The summed E-state index contributed by atoms with van der Waals surface area (Å²) in [5.41, 5.74) is 2.63. The summed E-state index contributed by atoms with van der Waals surface area (Å²) < 4.78 is 28.6. The van der Waals surface area contributed by atoms with Crippen molar-refractivity contribution in [1.29, 1.82) is 0 Å². The van der Waals surface area contributed by atoms with E-state index in [9.17, 15) is 13.2 Å². The van der Waals surface area contributed by atoms with E-state index >= 15 is 0 Å². The van der Waals surface area contributed by atoms with Gasteiger partial charge in [-0.25, -0.2) is 8.42 Å². The lowest BCUT2D eigenvalue weighted by atomic mass is 10.1. The Balaban J connectivity index is 1.48. The Bertz CT molecular complexity index is 1280. The Labute approximate surface area is 218 Å². The zero-order valence-corrected chi connectivity index (χ0v) is 22.1. The van der Waals surface area contributed by atoms with Gasteiger partial charge in [0.25, 0.3) is 15.9 Å². The van der Waals surface area contributed by atoms with Crippen molar-refractivity contribution in [2.45, 2.75) is 37.6 Å². The number of amides is 1. The predicted molar refractivity (Wildman–Crippen MR) is 145 cm³/mol. The van der Waals surface area contributed by atoms with E-state index in [1.807, 2.05) is 13.0 Å². The highest BCUT2D eigenvalue weighted by atomic mass is 35.5. The smallest absolute Gasteiger partial charge is 0.264 e. The fraction of sp³-hybridized carbons (Fsp3) is 0.321. The second-order valence-corrected chi connectivity index (χ2v) is 11.4. The molecule has 1 saturated heterocycles. The molecule has 36 heavy (non-hydrogen) atoms. The first-order valence-corrected chi connectivity index (χ1v) is 14.1. The van der Waals surface area contributed by atoms with E-state index in [-0.39, 0.29) is 17.3 Å². The molecule has 0 spiro atoms. The van der Waals surface area contributed by atoms with E-state index in [2.05, 4.69) is 10.2 Å². The number of halogens is 1. The van der Waals surface area contributed by atoms with Crippen LogP contribution in [0.4, 0.5) is 5.69 Å². The van der Waals surface area contributed by atoms with Gasteiger partial charge in [0, 0.05) is 17.1 Å². The van der Waals surface area contributed by atoms with Gasteiger partial charge in [0.05, 0.1) is 17.1 Å². The molecule has 0 bridgehead atoms. The van der Waals surface area contributed by atoms with Gasteiger partial charge in [-0.05, 0) is 93.3 Å². The maximum atomic E-state index is 13.6. The number of anilines is 1.